The van der Waals surface area contributed by atoms with Gasteiger partial charge in [-0.2, -0.15) is 4.37 Å². The molecule has 0 saturated carbocycles. The molecule has 1 fully saturated rings. The lowest BCUT2D eigenvalue weighted by atomic mass is 10.2. The molecule has 0 N–H and O–H groups in total. The normalized spacial score (nSPS) is 17.2. The van der Waals surface area contributed by atoms with Crippen molar-refractivity contribution in [3.05, 3.63) is 36.9 Å². The second kappa shape index (κ2) is 5.08. The van der Waals surface area contributed by atoms with Crippen LogP contribution in [0.5, 0.6) is 0 Å². The van der Waals surface area contributed by atoms with Crippen molar-refractivity contribution in [2.75, 3.05) is 37.6 Å². The number of hydrogen-bond donors (Lipinski definition) is 0. The van der Waals surface area contributed by atoms with E-state index >= 15 is 0 Å². The van der Waals surface area contributed by atoms with Crippen molar-refractivity contribution < 1.29 is 0 Å². The van der Waals surface area contributed by atoms with Gasteiger partial charge in [0.05, 0.1) is 4.70 Å². The highest BCUT2D eigenvalue weighted by Gasteiger charge is 2.19. The van der Waals surface area contributed by atoms with Crippen LogP contribution in [-0.4, -0.2) is 42.0 Å². The maximum atomic E-state index is 4.62. The molecule has 0 radical (unpaired) electrons. The Morgan fingerprint density at radius 2 is 2.00 bits per heavy atom. The number of rotatable bonds is 3. The van der Waals surface area contributed by atoms with Crippen LogP contribution in [0.25, 0.3) is 10.1 Å². The topological polar surface area (TPSA) is 19.4 Å². The Morgan fingerprint density at radius 3 is 2.78 bits per heavy atom. The van der Waals surface area contributed by atoms with Crippen molar-refractivity contribution in [1.29, 1.82) is 0 Å². The van der Waals surface area contributed by atoms with Gasteiger partial charge in [-0.05, 0) is 23.7 Å². The van der Waals surface area contributed by atoms with E-state index in [1.165, 1.54) is 10.1 Å². The van der Waals surface area contributed by atoms with Gasteiger partial charge in [-0.3, -0.25) is 4.90 Å². The molecule has 0 aliphatic carbocycles. The summed E-state index contributed by atoms with van der Waals surface area (Å²) in [6, 6.07) is 8.48. The van der Waals surface area contributed by atoms with Gasteiger partial charge in [0.1, 0.15) is 5.82 Å². The summed E-state index contributed by atoms with van der Waals surface area (Å²) in [6.07, 6.45) is 1.98. The average molecular weight is 259 g/mol. The number of benzene rings is 1. The predicted molar refractivity (Wildman–Crippen MR) is 78.5 cm³/mol. The molecule has 3 nitrogen and oxygen atoms in total. The molecule has 2 heterocycles. The van der Waals surface area contributed by atoms with Crippen LogP contribution < -0.4 is 4.90 Å². The largest absolute Gasteiger partial charge is 0.353 e. The monoisotopic (exact) mass is 259 g/mol. The van der Waals surface area contributed by atoms with E-state index in [-0.39, 0.29) is 0 Å². The molecule has 3 rings (SSSR count). The number of fused-ring (bicyclic) bond motifs is 1. The van der Waals surface area contributed by atoms with Crippen molar-refractivity contribution >= 4 is 27.4 Å². The fourth-order valence-electron chi connectivity index (χ4n) is 2.43. The van der Waals surface area contributed by atoms with Crippen LogP contribution in [0.1, 0.15) is 0 Å². The number of hydrogen-bond acceptors (Lipinski definition) is 4. The second-order valence-electron chi connectivity index (χ2n) is 4.58. The highest BCUT2D eigenvalue weighted by molar-refractivity contribution is 7.13. The van der Waals surface area contributed by atoms with Crippen LogP contribution in [0.3, 0.4) is 0 Å². The molecule has 2 aromatic rings. The molecule has 0 unspecified atom stereocenters. The highest BCUT2D eigenvalue weighted by Crippen LogP contribution is 2.29. The summed E-state index contributed by atoms with van der Waals surface area (Å²) in [4.78, 5) is 4.83. The Labute approximate surface area is 111 Å². The van der Waals surface area contributed by atoms with E-state index < -0.39 is 0 Å². The standard InChI is InChI=1S/C14H17N3S/c1-2-7-16-8-10-17(11-9-16)14-12-5-3-4-6-13(12)18-15-14/h2-6H,1,7-11H2. The van der Waals surface area contributed by atoms with Crippen LogP contribution in [0.2, 0.25) is 0 Å². The molecule has 1 aromatic heterocycles. The Morgan fingerprint density at radius 1 is 1.22 bits per heavy atom. The summed E-state index contributed by atoms with van der Waals surface area (Å²) in [5.74, 6) is 1.16. The summed E-state index contributed by atoms with van der Waals surface area (Å²) in [5, 5.41) is 1.29. The predicted octanol–water partition coefficient (Wildman–Crippen LogP) is 2.60. The lowest BCUT2D eigenvalue weighted by molar-refractivity contribution is 0.284. The number of nitrogens with zero attached hydrogens (tertiary/aromatic N) is 3. The Kier molecular flexibility index (Phi) is 3.30. The minimum Gasteiger partial charge on any atom is -0.353 e. The molecule has 0 bridgehead atoms. The lowest BCUT2D eigenvalue weighted by Gasteiger charge is -2.34. The van der Waals surface area contributed by atoms with Gasteiger partial charge >= 0.3 is 0 Å². The zero-order valence-electron chi connectivity index (χ0n) is 10.4. The summed E-state index contributed by atoms with van der Waals surface area (Å²) in [5.41, 5.74) is 0. The van der Waals surface area contributed by atoms with Gasteiger partial charge in [0, 0.05) is 38.1 Å². The summed E-state index contributed by atoms with van der Waals surface area (Å²) >= 11 is 1.60. The molecule has 1 saturated heterocycles. The quantitative estimate of drug-likeness (QED) is 0.790. The molecule has 1 aromatic carbocycles. The van der Waals surface area contributed by atoms with E-state index in [0.717, 1.165) is 38.5 Å². The molecule has 1 aliphatic heterocycles. The van der Waals surface area contributed by atoms with E-state index in [1.54, 1.807) is 11.5 Å². The number of anilines is 1. The van der Waals surface area contributed by atoms with Gasteiger partial charge in [-0.1, -0.05) is 18.2 Å². The van der Waals surface area contributed by atoms with Crippen LogP contribution in [0.15, 0.2) is 36.9 Å². The summed E-state index contributed by atoms with van der Waals surface area (Å²) in [6.45, 7) is 9.09. The molecular formula is C14H17N3S. The van der Waals surface area contributed by atoms with Gasteiger partial charge in [0.15, 0.2) is 0 Å². The molecule has 94 valence electrons. The third-order valence-electron chi connectivity index (χ3n) is 3.42. The summed E-state index contributed by atoms with van der Waals surface area (Å²) in [7, 11) is 0. The molecular weight excluding hydrogens is 242 g/mol. The van der Waals surface area contributed by atoms with E-state index in [2.05, 4.69) is 45.0 Å². The average Bonchev–Trinajstić information content (AvgIpc) is 2.84. The van der Waals surface area contributed by atoms with Crippen LogP contribution in [-0.2, 0) is 0 Å². The Balaban J connectivity index is 1.78. The SMILES string of the molecule is C=CCN1CCN(c2nsc3ccccc23)CC1. The van der Waals surface area contributed by atoms with E-state index in [0.29, 0.717) is 0 Å². The highest BCUT2D eigenvalue weighted by atomic mass is 32.1. The van der Waals surface area contributed by atoms with Crippen LogP contribution in [0, 0.1) is 0 Å². The van der Waals surface area contributed by atoms with E-state index in [1.807, 2.05) is 6.08 Å². The van der Waals surface area contributed by atoms with Crippen LogP contribution in [0.4, 0.5) is 5.82 Å². The van der Waals surface area contributed by atoms with Crippen molar-refractivity contribution in [3.63, 3.8) is 0 Å². The molecule has 4 heteroatoms. The van der Waals surface area contributed by atoms with Crippen molar-refractivity contribution in [2.45, 2.75) is 0 Å². The molecule has 1 aliphatic rings. The van der Waals surface area contributed by atoms with Gasteiger partial charge in [-0.25, -0.2) is 0 Å². The maximum Gasteiger partial charge on any atom is 0.150 e. The minimum atomic E-state index is 0.992. The Bertz CT molecular complexity index is 541. The van der Waals surface area contributed by atoms with Gasteiger partial charge in [0.25, 0.3) is 0 Å². The number of piperazine rings is 1. The fourth-order valence-corrected chi connectivity index (χ4v) is 3.22. The first-order valence-electron chi connectivity index (χ1n) is 6.31. The third kappa shape index (κ3) is 2.13. The van der Waals surface area contributed by atoms with E-state index in [9.17, 15) is 0 Å². The summed E-state index contributed by atoms with van der Waals surface area (Å²) < 4.78 is 5.90. The molecule has 0 atom stereocenters. The zero-order chi connectivity index (χ0) is 12.4. The first-order chi connectivity index (χ1) is 8.88. The first-order valence-corrected chi connectivity index (χ1v) is 7.08. The Hall–Kier alpha value is -1.39. The molecule has 18 heavy (non-hydrogen) atoms. The smallest absolute Gasteiger partial charge is 0.150 e. The van der Waals surface area contributed by atoms with Crippen molar-refractivity contribution in [1.82, 2.24) is 9.27 Å². The second-order valence-corrected chi connectivity index (χ2v) is 5.38. The lowest BCUT2D eigenvalue weighted by Crippen LogP contribution is -2.46. The maximum absolute atomic E-state index is 4.62. The van der Waals surface area contributed by atoms with Gasteiger partial charge in [-0.15, -0.1) is 6.58 Å². The molecule has 0 spiro atoms. The first kappa shape index (κ1) is 11.7. The van der Waals surface area contributed by atoms with Gasteiger partial charge < -0.3 is 4.90 Å². The fraction of sp³-hybridized carbons (Fsp3) is 0.357. The number of aromatic nitrogens is 1. The molecule has 0 amide bonds. The minimum absolute atomic E-state index is 0.992. The van der Waals surface area contributed by atoms with Crippen molar-refractivity contribution in [3.8, 4) is 0 Å². The van der Waals surface area contributed by atoms with Crippen molar-refractivity contribution in [2.24, 2.45) is 0 Å². The van der Waals surface area contributed by atoms with E-state index in [4.69, 9.17) is 0 Å². The zero-order valence-corrected chi connectivity index (χ0v) is 11.2. The third-order valence-corrected chi connectivity index (χ3v) is 4.23. The van der Waals surface area contributed by atoms with Gasteiger partial charge in [0.2, 0.25) is 0 Å². The van der Waals surface area contributed by atoms with Crippen LogP contribution >= 0.6 is 11.5 Å².